The smallest absolute Gasteiger partial charge is 0.344 e. The molecule has 7 nitrogen and oxygen atoms in total. The van der Waals surface area contributed by atoms with E-state index in [9.17, 15) is 4.79 Å². The van der Waals surface area contributed by atoms with Gasteiger partial charge in [0.2, 0.25) is 5.72 Å². The van der Waals surface area contributed by atoms with Crippen molar-refractivity contribution in [3.05, 3.63) is 54.1 Å². The summed E-state index contributed by atoms with van der Waals surface area (Å²) < 4.78 is 23.7. The van der Waals surface area contributed by atoms with Gasteiger partial charge in [0.1, 0.15) is 22.9 Å². The molecule has 2 aliphatic heterocycles. The molecule has 42 heavy (non-hydrogen) atoms. The molecule has 7 heteroatoms. The molecule has 2 heterocycles. The van der Waals surface area contributed by atoms with Gasteiger partial charge in [-0.3, -0.25) is 4.99 Å². The molecule has 0 radical (unpaired) electrons. The zero-order chi connectivity index (χ0) is 29.7. The molecule has 3 aromatic rings. The number of carbonyl (C=O) groups is 1. The predicted molar refractivity (Wildman–Crippen MR) is 169 cm³/mol. The van der Waals surface area contributed by atoms with E-state index in [1.165, 1.54) is 44.1 Å². The van der Waals surface area contributed by atoms with Gasteiger partial charge in [0.15, 0.2) is 6.61 Å². The fraction of sp³-hybridized carbons (Fsp3) is 0.486. The minimum Gasteiger partial charge on any atom is -0.494 e. The Morgan fingerprint density at radius 2 is 1.62 bits per heavy atom. The zero-order valence-electron chi connectivity index (χ0n) is 25.7. The molecule has 224 valence electrons. The molecule has 5 rings (SSSR count). The van der Waals surface area contributed by atoms with Crippen LogP contribution in [-0.2, 0) is 14.9 Å². The molecule has 0 bridgehead atoms. The van der Waals surface area contributed by atoms with Crippen LogP contribution in [0.25, 0.3) is 10.8 Å². The van der Waals surface area contributed by atoms with Gasteiger partial charge in [-0.05, 0) is 74.5 Å². The van der Waals surface area contributed by atoms with Crippen LogP contribution >= 0.6 is 0 Å². The third-order valence-electron chi connectivity index (χ3n) is 8.64. The number of benzene rings is 3. The summed E-state index contributed by atoms with van der Waals surface area (Å²) in [5, 5.41) is 1.91. The minimum absolute atomic E-state index is 0.140. The number of esters is 1. The maximum Gasteiger partial charge on any atom is 0.344 e. The monoisotopic (exact) mass is 572 g/mol. The number of nitrogens with zero attached hydrogens (tertiary/aromatic N) is 2. The van der Waals surface area contributed by atoms with E-state index in [1.54, 1.807) is 6.92 Å². The van der Waals surface area contributed by atoms with Gasteiger partial charge >= 0.3 is 5.97 Å². The highest BCUT2D eigenvalue weighted by atomic mass is 16.6. The van der Waals surface area contributed by atoms with Crippen molar-refractivity contribution in [3.63, 3.8) is 0 Å². The molecule has 0 aliphatic carbocycles. The molecule has 0 fully saturated rings. The standard InChI is InChI=1S/C35H44N2O5/c1-6-8-9-10-11-12-13-20-40-27-17-18-30-29(22-27)34(3,4)35(37(30)5)24-36-33-28-21-26(41-23-32(38)39-7-2)16-14-25(28)15-19-31(33)42-35/h14-19,21-22,24H,6-13,20,23H2,1-5H3. The molecular weight excluding hydrogens is 528 g/mol. The summed E-state index contributed by atoms with van der Waals surface area (Å²) >= 11 is 0. The van der Waals surface area contributed by atoms with Crippen molar-refractivity contribution >= 4 is 34.3 Å². The Labute approximate surface area is 249 Å². The number of aliphatic imine (C=N–C) groups is 1. The van der Waals surface area contributed by atoms with Crippen molar-refractivity contribution < 1.29 is 23.7 Å². The molecular formula is C35H44N2O5. The van der Waals surface area contributed by atoms with E-state index in [2.05, 4.69) is 50.9 Å². The largest absolute Gasteiger partial charge is 0.494 e. The topological polar surface area (TPSA) is 69.6 Å². The molecule has 1 spiro atoms. The molecule has 0 saturated heterocycles. The Kier molecular flexibility index (Phi) is 8.95. The highest BCUT2D eigenvalue weighted by Crippen LogP contribution is 2.55. The Morgan fingerprint density at radius 1 is 0.905 bits per heavy atom. The Bertz CT molecular complexity index is 1450. The van der Waals surface area contributed by atoms with E-state index in [-0.39, 0.29) is 6.61 Å². The molecule has 1 unspecified atom stereocenters. The fourth-order valence-electron chi connectivity index (χ4n) is 6.14. The van der Waals surface area contributed by atoms with E-state index in [1.807, 2.05) is 36.5 Å². The zero-order valence-corrected chi connectivity index (χ0v) is 25.7. The summed E-state index contributed by atoms with van der Waals surface area (Å²) in [4.78, 5) is 19.0. The lowest BCUT2D eigenvalue weighted by Crippen LogP contribution is -2.61. The summed E-state index contributed by atoms with van der Waals surface area (Å²) in [6.07, 6.45) is 10.8. The number of anilines is 1. The van der Waals surface area contributed by atoms with E-state index < -0.39 is 17.1 Å². The lowest BCUT2D eigenvalue weighted by molar-refractivity contribution is -0.145. The van der Waals surface area contributed by atoms with Crippen LogP contribution in [0.15, 0.2) is 53.5 Å². The lowest BCUT2D eigenvalue weighted by Gasteiger charge is -2.45. The maximum absolute atomic E-state index is 11.8. The van der Waals surface area contributed by atoms with Gasteiger partial charge in [0, 0.05) is 18.1 Å². The quantitative estimate of drug-likeness (QED) is 0.152. The number of hydrogen-bond acceptors (Lipinski definition) is 7. The van der Waals surface area contributed by atoms with Crippen LogP contribution in [0, 0.1) is 0 Å². The summed E-state index contributed by atoms with van der Waals surface area (Å²) in [6, 6.07) is 16.1. The van der Waals surface area contributed by atoms with Gasteiger partial charge in [-0.15, -0.1) is 0 Å². The van der Waals surface area contributed by atoms with Crippen molar-refractivity contribution in [2.45, 2.75) is 83.8 Å². The number of fused-ring (bicyclic) bond motifs is 4. The summed E-state index contributed by atoms with van der Waals surface area (Å²) in [6.45, 7) is 9.35. The number of carbonyl (C=O) groups excluding carboxylic acids is 1. The van der Waals surface area contributed by atoms with Crippen LogP contribution in [0.3, 0.4) is 0 Å². The molecule has 2 aliphatic rings. The molecule has 0 saturated carbocycles. The molecule has 0 N–H and O–H groups in total. The van der Waals surface area contributed by atoms with Gasteiger partial charge < -0.3 is 23.8 Å². The van der Waals surface area contributed by atoms with Crippen LogP contribution in [0.2, 0.25) is 0 Å². The second-order valence-corrected chi connectivity index (χ2v) is 11.8. The summed E-state index contributed by atoms with van der Waals surface area (Å²) in [5.74, 6) is 1.78. The Balaban J connectivity index is 1.32. The van der Waals surface area contributed by atoms with Crippen LogP contribution < -0.4 is 19.1 Å². The predicted octanol–water partition coefficient (Wildman–Crippen LogP) is 8.13. The van der Waals surface area contributed by atoms with E-state index in [0.29, 0.717) is 18.1 Å². The Hall–Kier alpha value is -3.74. The van der Waals surface area contributed by atoms with E-state index in [0.717, 1.165) is 40.9 Å². The third kappa shape index (κ3) is 5.66. The van der Waals surface area contributed by atoms with Crippen molar-refractivity contribution in [2.75, 3.05) is 31.8 Å². The second kappa shape index (κ2) is 12.6. The number of ether oxygens (including phenoxy) is 4. The first-order chi connectivity index (χ1) is 20.3. The number of hydrogen-bond donors (Lipinski definition) is 0. The van der Waals surface area contributed by atoms with Crippen molar-refractivity contribution in [1.29, 1.82) is 0 Å². The average molecular weight is 573 g/mol. The van der Waals surface area contributed by atoms with Crippen LogP contribution in [0.4, 0.5) is 11.4 Å². The van der Waals surface area contributed by atoms with Gasteiger partial charge in [0.25, 0.3) is 0 Å². The summed E-state index contributed by atoms with van der Waals surface area (Å²) in [5.41, 5.74) is 1.82. The minimum atomic E-state index is -0.800. The highest BCUT2D eigenvalue weighted by Gasteiger charge is 2.58. The first-order valence-electron chi connectivity index (χ1n) is 15.4. The maximum atomic E-state index is 11.8. The normalized spacial score (nSPS) is 18.1. The molecule has 1 atom stereocenters. The lowest BCUT2D eigenvalue weighted by atomic mass is 9.77. The van der Waals surface area contributed by atoms with Crippen molar-refractivity contribution in [3.8, 4) is 17.2 Å². The highest BCUT2D eigenvalue weighted by molar-refractivity contribution is 6.00. The average Bonchev–Trinajstić information content (AvgIpc) is 3.14. The summed E-state index contributed by atoms with van der Waals surface area (Å²) in [7, 11) is 2.06. The number of unbranched alkanes of at least 4 members (excludes halogenated alkanes) is 6. The fourth-order valence-corrected chi connectivity index (χ4v) is 6.14. The SMILES string of the molecule is CCCCCCCCCOc1ccc2c(c1)C(C)(C)C1(C=Nc3c(ccc4ccc(OCC(=O)OCC)cc34)O1)N2C. The van der Waals surface area contributed by atoms with Crippen molar-refractivity contribution in [1.82, 2.24) is 0 Å². The number of likely N-dealkylation sites (N-methyl/N-ethyl adjacent to an activating group) is 1. The van der Waals surface area contributed by atoms with Gasteiger partial charge in [0.05, 0.1) is 24.8 Å². The Morgan fingerprint density at radius 3 is 2.40 bits per heavy atom. The van der Waals surface area contributed by atoms with Gasteiger partial charge in [-0.25, -0.2) is 4.79 Å². The second-order valence-electron chi connectivity index (χ2n) is 11.8. The van der Waals surface area contributed by atoms with Gasteiger partial charge in [-0.2, -0.15) is 0 Å². The van der Waals surface area contributed by atoms with Gasteiger partial charge in [-0.1, -0.05) is 57.6 Å². The molecule has 0 aromatic heterocycles. The molecule has 3 aromatic carbocycles. The van der Waals surface area contributed by atoms with Crippen LogP contribution in [0.5, 0.6) is 17.2 Å². The van der Waals surface area contributed by atoms with E-state index >= 15 is 0 Å². The van der Waals surface area contributed by atoms with Crippen LogP contribution in [-0.4, -0.2) is 44.8 Å². The van der Waals surface area contributed by atoms with Crippen molar-refractivity contribution in [2.24, 2.45) is 4.99 Å². The van der Waals surface area contributed by atoms with E-state index in [4.69, 9.17) is 23.9 Å². The number of rotatable bonds is 13. The first-order valence-corrected chi connectivity index (χ1v) is 15.4. The first kappa shape index (κ1) is 29.7. The molecule has 0 amide bonds. The third-order valence-corrected chi connectivity index (χ3v) is 8.64. The van der Waals surface area contributed by atoms with Crippen LogP contribution in [0.1, 0.15) is 78.2 Å².